The van der Waals surface area contributed by atoms with Crippen LogP contribution in [0.5, 0.6) is 0 Å². The van der Waals surface area contributed by atoms with Crippen molar-refractivity contribution in [2.24, 2.45) is 0 Å². The summed E-state index contributed by atoms with van der Waals surface area (Å²) in [7, 11) is 0. The molecule has 0 aromatic heterocycles. The largest absolute Gasteiger partial charge is 0.223 e. The number of terminal acetylenes is 2. The smallest absolute Gasteiger partial charge is 0.120 e. The first-order valence-electron chi connectivity index (χ1n) is 2.37. The summed E-state index contributed by atoms with van der Waals surface area (Å²) in [6, 6.07) is 1.47. The highest BCUT2D eigenvalue weighted by molar-refractivity contribution is 9.51. The molecular formula is C6H6Br2Si. The molecule has 0 aromatic carbocycles. The quantitative estimate of drug-likeness (QED) is 0.409. The fourth-order valence-electron chi connectivity index (χ4n) is 0.361. The summed E-state index contributed by atoms with van der Waals surface area (Å²) in [5.74, 6) is 5.13. The van der Waals surface area contributed by atoms with Crippen molar-refractivity contribution in [1.82, 2.24) is 0 Å². The van der Waals surface area contributed by atoms with E-state index in [1.807, 2.05) is 0 Å². The van der Waals surface area contributed by atoms with E-state index < -0.39 is 5.31 Å². The number of hydrogen-bond acceptors (Lipinski definition) is 0. The van der Waals surface area contributed by atoms with Crippen molar-refractivity contribution in [3.05, 3.63) is 0 Å². The fourth-order valence-corrected chi connectivity index (χ4v) is 3.03. The van der Waals surface area contributed by atoms with Gasteiger partial charge in [0.15, 0.2) is 0 Å². The first-order valence-corrected chi connectivity index (χ1v) is 9.30. The van der Waals surface area contributed by atoms with Crippen LogP contribution in [0.2, 0.25) is 12.1 Å². The van der Waals surface area contributed by atoms with Gasteiger partial charge in [0.25, 0.3) is 0 Å². The van der Waals surface area contributed by atoms with Gasteiger partial charge in [-0.25, -0.2) is 0 Å². The van der Waals surface area contributed by atoms with Crippen LogP contribution in [-0.2, 0) is 0 Å². The number of halogens is 2. The van der Waals surface area contributed by atoms with Crippen LogP contribution in [0.4, 0.5) is 0 Å². The van der Waals surface area contributed by atoms with E-state index in [0.717, 1.165) is 12.1 Å². The van der Waals surface area contributed by atoms with Gasteiger partial charge in [-0.3, -0.25) is 0 Å². The minimum absolute atomic E-state index is 0.733. The van der Waals surface area contributed by atoms with E-state index in [1.54, 1.807) is 0 Å². The zero-order valence-electron chi connectivity index (χ0n) is 4.82. The normalized spacial score (nSPS) is 9.78. The maximum atomic E-state index is 5.10. The average Bonchev–Trinajstić information content (AvgIpc) is 1.64. The summed E-state index contributed by atoms with van der Waals surface area (Å²) in [5.41, 5.74) is 0. The first-order chi connectivity index (χ1) is 4.12. The van der Waals surface area contributed by atoms with Crippen LogP contribution in [0, 0.1) is 24.7 Å². The predicted molar refractivity (Wildman–Crippen MR) is 50.9 cm³/mol. The molecule has 0 nitrogen and oxygen atoms in total. The summed E-state index contributed by atoms with van der Waals surface area (Å²) in [4.78, 5) is 0. The van der Waals surface area contributed by atoms with Gasteiger partial charge in [0.2, 0.25) is 5.31 Å². The minimum Gasteiger partial charge on any atom is -0.120 e. The van der Waals surface area contributed by atoms with Gasteiger partial charge in [0.1, 0.15) is 0 Å². The van der Waals surface area contributed by atoms with E-state index in [4.69, 9.17) is 12.8 Å². The monoisotopic (exact) mass is 264 g/mol. The molecule has 48 valence electrons. The summed E-state index contributed by atoms with van der Waals surface area (Å²) in [5, 5.41) is -1.55. The highest BCUT2D eigenvalue weighted by Gasteiger charge is 2.23. The summed E-state index contributed by atoms with van der Waals surface area (Å²) in [6.45, 7) is 0. The van der Waals surface area contributed by atoms with E-state index in [9.17, 15) is 0 Å². The zero-order valence-corrected chi connectivity index (χ0v) is 9.00. The lowest BCUT2D eigenvalue weighted by Crippen LogP contribution is -2.13. The van der Waals surface area contributed by atoms with Crippen LogP contribution in [0.1, 0.15) is 0 Å². The van der Waals surface area contributed by atoms with Gasteiger partial charge in [-0.1, -0.05) is 0 Å². The lowest BCUT2D eigenvalue weighted by Gasteiger charge is -2.08. The molecule has 0 heterocycles. The Morgan fingerprint density at radius 1 is 1.11 bits per heavy atom. The molecule has 0 aliphatic rings. The summed E-state index contributed by atoms with van der Waals surface area (Å²) >= 11 is 6.95. The molecule has 0 N–H and O–H groups in total. The lowest BCUT2D eigenvalue weighted by molar-refractivity contribution is 1.68. The zero-order chi connectivity index (χ0) is 7.33. The predicted octanol–water partition coefficient (Wildman–Crippen LogP) is 2.48. The molecule has 0 aliphatic heterocycles. The molecule has 0 rings (SSSR count). The molecule has 0 aromatic rings. The molecule has 0 bridgehead atoms. The molecule has 0 atom stereocenters. The number of hydrogen-bond donors (Lipinski definition) is 0. The van der Waals surface area contributed by atoms with E-state index in [2.05, 4.69) is 42.4 Å². The van der Waals surface area contributed by atoms with Crippen molar-refractivity contribution in [3.8, 4) is 24.7 Å². The fraction of sp³-hybridized carbons (Fsp3) is 0.333. The van der Waals surface area contributed by atoms with Gasteiger partial charge in [-0.2, -0.15) is 0 Å². The molecular weight excluding hydrogens is 260 g/mol. The second-order valence-corrected chi connectivity index (χ2v) is 16.3. The third-order valence-electron chi connectivity index (χ3n) is 0.721. The molecule has 0 spiro atoms. The topological polar surface area (TPSA) is 0 Å². The molecule has 0 radical (unpaired) electrons. The Morgan fingerprint density at radius 3 is 1.67 bits per heavy atom. The van der Waals surface area contributed by atoms with Crippen molar-refractivity contribution in [2.75, 3.05) is 0 Å². The highest BCUT2D eigenvalue weighted by atomic mass is 79.9. The summed E-state index contributed by atoms with van der Waals surface area (Å²) < 4.78 is 0. The number of rotatable bonds is 2. The van der Waals surface area contributed by atoms with Crippen LogP contribution in [0.3, 0.4) is 0 Å². The van der Waals surface area contributed by atoms with Gasteiger partial charge >= 0.3 is 0 Å². The Balaban J connectivity index is 3.77. The first kappa shape index (κ1) is 9.30. The van der Waals surface area contributed by atoms with Gasteiger partial charge in [0, 0.05) is 12.1 Å². The van der Waals surface area contributed by atoms with Crippen LogP contribution in [0.25, 0.3) is 0 Å². The molecule has 0 saturated heterocycles. The maximum Gasteiger partial charge on any atom is 0.223 e. The second kappa shape index (κ2) is 4.17. The van der Waals surface area contributed by atoms with Crippen molar-refractivity contribution in [1.29, 1.82) is 0 Å². The molecule has 0 unspecified atom stereocenters. The Kier molecular flexibility index (Phi) is 4.30. The molecule has 3 heteroatoms. The second-order valence-electron chi connectivity index (χ2n) is 1.62. The maximum absolute atomic E-state index is 5.10. The van der Waals surface area contributed by atoms with Gasteiger partial charge in [-0.15, -0.1) is 55.3 Å². The van der Waals surface area contributed by atoms with Crippen LogP contribution < -0.4 is 0 Å². The van der Waals surface area contributed by atoms with Crippen LogP contribution in [0.15, 0.2) is 0 Å². The van der Waals surface area contributed by atoms with E-state index in [1.165, 1.54) is 0 Å². The Bertz CT molecular complexity index is 143. The van der Waals surface area contributed by atoms with E-state index in [-0.39, 0.29) is 0 Å². The van der Waals surface area contributed by atoms with Gasteiger partial charge in [-0.05, 0) is 0 Å². The standard InChI is InChI=1S/C6H6Br2Si/c1-3-5-9(7,8)6-4-2/h1-2H,5-6H2. The SMILES string of the molecule is C#CC[Si](Br)(Br)CC#C. The van der Waals surface area contributed by atoms with Crippen LogP contribution in [-0.4, -0.2) is 5.31 Å². The minimum atomic E-state index is -1.55. The van der Waals surface area contributed by atoms with E-state index in [0.29, 0.717) is 0 Å². The molecule has 0 saturated carbocycles. The molecule has 0 fully saturated rings. The third kappa shape index (κ3) is 4.78. The van der Waals surface area contributed by atoms with Crippen molar-refractivity contribution in [3.63, 3.8) is 0 Å². The highest BCUT2D eigenvalue weighted by Crippen LogP contribution is 2.28. The molecule has 0 amide bonds. The Labute approximate surface area is 72.6 Å². The third-order valence-corrected chi connectivity index (χ3v) is 5.53. The molecule has 0 aliphatic carbocycles. The Morgan fingerprint density at radius 2 is 1.44 bits per heavy atom. The van der Waals surface area contributed by atoms with Crippen LogP contribution >= 0.6 is 30.6 Å². The van der Waals surface area contributed by atoms with E-state index >= 15 is 0 Å². The lowest BCUT2D eigenvalue weighted by atomic mass is 10.8. The van der Waals surface area contributed by atoms with Crippen molar-refractivity contribution < 1.29 is 0 Å². The molecule has 9 heavy (non-hydrogen) atoms. The van der Waals surface area contributed by atoms with Crippen molar-refractivity contribution in [2.45, 2.75) is 12.1 Å². The van der Waals surface area contributed by atoms with Gasteiger partial charge in [0.05, 0.1) is 0 Å². The van der Waals surface area contributed by atoms with Crippen molar-refractivity contribution >= 4 is 35.9 Å². The average molecular weight is 266 g/mol. The Hall–Kier alpha value is 0.297. The summed E-state index contributed by atoms with van der Waals surface area (Å²) in [6.07, 6.45) is 10.2. The van der Waals surface area contributed by atoms with Gasteiger partial charge < -0.3 is 0 Å².